The van der Waals surface area contributed by atoms with E-state index in [0.717, 1.165) is 12.0 Å². The first-order chi connectivity index (χ1) is 9.06. The van der Waals surface area contributed by atoms with E-state index in [9.17, 15) is 13.6 Å². The fourth-order valence-electron chi connectivity index (χ4n) is 2.35. The minimum atomic E-state index is -2.85. The van der Waals surface area contributed by atoms with E-state index in [2.05, 4.69) is 4.74 Å². The Morgan fingerprint density at radius 3 is 3.00 bits per heavy atom. The third-order valence-electron chi connectivity index (χ3n) is 3.16. The number of rotatable bonds is 5. The van der Waals surface area contributed by atoms with Crippen molar-refractivity contribution >= 4 is 5.97 Å². The van der Waals surface area contributed by atoms with Crippen LogP contribution in [0.1, 0.15) is 18.4 Å². The summed E-state index contributed by atoms with van der Waals surface area (Å²) in [4.78, 5) is 12.9. The molecule has 0 spiro atoms. The van der Waals surface area contributed by atoms with Crippen LogP contribution in [0.15, 0.2) is 24.3 Å². The summed E-state index contributed by atoms with van der Waals surface area (Å²) in [5.74, 6) is -0.740. The molecule has 0 aliphatic carbocycles. The van der Waals surface area contributed by atoms with Crippen molar-refractivity contribution in [1.82, 2.24) is 4.90 Å². The van der Waals surface area contributed by atoms with Gasteiger partial charge in [-0.05, 0) is 37.1 Å². The Hall–Kier alpha value is -1.69. The Morgan fingerprint density at radius 2 is 2.32 bits per heavy atom. The molecule has 0 radical (unpaired) electrons. The molecule has 0 bridgehead atoms. The van der Waals surface area contributed by atoms with E-state index in [1.165, 1.54) is 12.1 Å². The highest BCUT2D eigenvalue weighted by molar-refractivity contribution is 5.73. The predicted octanol–water partition coefficient (Wildman–Crippen LogP) is 2.34. The number of nitrogens with zero attached hydrogens (tertiary/aromatic N) is 1. The van der Waals surface area contributed by atoms with Gasteiger partial charge in [0.1, 0.15) is 11.8 Å². The van der Waals surface area contributed by atoms with Crippen LogP contribution >= 0.6 is 0 Å². The molecular formula is C13H15F2NO3. The number of benzene rings is 1. The van der Waals surface area contributed by atoms with Crippen LogP contribution in [-0.2, 0) is 11.3 Å². The second-order valence-electron chi connectivity index (χ2n) is 4.49. The van der Waals surface area contributed by atoms with E-state index in [-0.39, 0.29) is 5.75 Å². The van der Waals surface area contributed by atoms with Crippen molar-refractivity contribution in [1.29, 1.82) is 0 Å². The van der Waals surface area contributed by atoms with E-state index in [1.807, 2.05) is 4.90 Å². The van der Waals surface area contributed by atoms with E-state index >= 15 is 0 Å². The summed E-state index contributed by atoms with van der Waals surface area (Å²) in [6.07, 6.45) is 1.47. The Bertz CT molecular complexity index is 453. The fourth-order valence-corrected chi connectivity index (χ4v) is 2.35. The molecule has 1 atom stereocenters. The molecule has 1 aliphatic rings. The number of carboxylic acids is 1. The minimum absolute atomic E-state index is 0.0959. The smallest absolute Gasteiger partial charge is 0.387 e. The highest BCUT2D eigenvalue weighted by Crippen LogP contribution is 2.22. The molecule has 104 valence electrons. The molecule has 4 nitrogen and oxygen atoms in total. The molecule has 0 saturated carbocycles. The summed E-state index contributed by atoms with van der Waals surface area (Å²) >= 11 is 0. The second kappa shape index (κ2) is 5.97. The SMILES string of the molecule is O=C(O)[C@@H]1CCCN1Cc1cccc(OC(F)F)c1. The third kappa shape index (κ3) is 3.64. The lowest BCUT2D eigenvalue weighted by atomic mass is 10.1. The zero-order chi connectivity index (χ0) is 13.8. The summed E-state index contributed by atoms with van der Waals surface area (Å²) in [7, 11) is 0. The van der Waals surface area contributed by atoms with Crippen LogP contribution in [-0.4, -0.2) is 35.2 Å². The topological polar surface area (TPSA) is 49.8 Å². The lowest BCUT2D eigenvalue weighted by Crippen LogP contribution is -2.35. The van der Waals surface area contributed by atoms with Gasteiger partial charge >= 0.3 is 12.6 Å². The van der Waals surface area contributed by atoms with Crippen molar-refractivity contribution in [3.05, 3.63) is 29.8 Å². The Morgan fingerprint density at radius 1 is 1.53 bits per heavy atom. The first-order valence-electron chi connectivity index (χ1n) is 6.07. The van der Waals surface area contributed by atoms with Crippen LogP contribution in [0.3, 0.4) is 0 Å². The highest BCUT2D eigenvalue weighted by Gasteiger charge is 2.30. The predicted molar refractivity (Wildman–Crippen MR) is 64.1 cm³/mol. The Labute approximate surface area is 109 Å². The lowest BCUT2D eigenvalue weighted by Gasteiger charge is -2.21. The van der Waals surface area contributed by atoms with Gasteiger partial charge in [-0.3, -0.25) is 9.69 Å². The quantitative estimate of drug-likeness (QED) is 0.893. The van der Waals surface area contributed by atoms with Crippen LogP contribution in [0, 0.1) is 0 Å². The molecule has 19 heavy (non-hydrogen) atoms. The van der Waals surface area contributed by atoms with Gasteiger partial charge in [0.2, 0.25) is 0 Å². The summed E-state index contributed by atoms with van der Waals surface area (Å²) in [6.45, 7) is -1.72. The number of alkyl halides is 2. The van der Waals surface area contributed by atoms with Gasteiger partial charge in [-0.1, -0.05) is 12.1 Å². The van der Waals surface area contributed by atoms with E-state index in [1.54, 1.807) is 12.1 Å². The van der Waals surface area contributed by atoms with Gasteiger partial charge in [0.15, 0.2) is 0 Å². The standard InChI is InChI=1S/C13H15F2NO3/c14-13(15)19-10-4-1-3-9(7-10)8-16-6-2-5-11(16)12(17)18/h1,3-4,7,11,13H,2,5-6,8H2,(H,17,18)/t11-/m0/s1. The van der Waals surface area contributed by atoms with Gasteiger partial charge < -0.3 is 9.84 Å². The maximum absolute atomic E-state index is 12.1. The Kier molecular flexibility index (Phi) is 4.31. The summed E-state index contributed by atoms with van der Waals surface area (Å²) in [6, 6.07) is 5.88. The Balaban J connectivity index is 2.04. The fraction of sp³-hybridized carbons (Fsp3) is 0.462. The lowest BCUT2D eigenvalue weighted by molar-refractivity contribution is -0.142. The molecular weight excluding hydrogens is 256 g/mol. The molecule has 0 aromatic heterocycles. The van der Waals surface area contributed by atoms with E-state index in [0.29, 0.717) is 19.5 Å². The average molecular weight is 271 g/mol. The van der Waals surface area contributed by atoms with Crippen molar-refractivity contribution in [2.75, 3.05) is 6.54 Å². The third-order valence-corrected chi connectivity index (χ3v) is 3.16. The number of hydrogen-bond donors (Lipinski definition) is 1. The number of carboxylic acid groups (broad SMARTS) is 1. The molecule has 1 aromatic rings. The van der Waals surface area contributed by atoms with Gasteiger partial charge in [-0.25, -0.2) is 0 Å². The molecule has 1 saturated heterocycles. The monoisotopic (exact) mass is 271 g/mol. The second-order valence-corrected chi connectivity index (χ2v) is 4.49. The number of ether oxygens (including phenoxy) is 1. The van der Waals surface area contributed by atoms with Crippen LogP contribution in [0.5, 0.6) is 5.75 Å². The van der Waals surface area contributed by atoms with Crippen molar-refractivity contribution in [3.8, 4) is 5.75 Å². The zero-order valence-corrected chi connectivity index (χ0v) is 10.3. The first kappa shape index (κ1) is 13.7. The zero-order valence-electron chi connectivity index (χ0n) is 10.3. The molecule has 2 rings (SSSR count). The van der Waals surface area contributed by atoms with E-state index < -0.39 is 18.6 Å². The number of aliphatic carboxylic acids is 1. The number of halogens is 2. The van der Waals surface area contributed by atoms with Gasteiger partial charge in [-0.15, -0.1) is 0 Å². The summed E-state index contributed by atoms with van der Waals surface area (Å²) in [5, 5.41) is 9.07. The van der Waals surface area contributed by atoms with Crippen molar-refractivity contribution in [3.63, 3.8) is 0 Å². The van der Waals surface area contributed by atoms with Crippen molar-refractivity contribution < 1.29 is 23.4 Å². The number of carbonyl (C=O) groups is 1. The van der Waals surface area contributed by atoms with Gasteiger partial charge in [0.05, 0.1) is 0 Å². The first-order valence-corrected chi connectivity index (χ1v) is 6.07. The van der Waals surface area contributed by atoms with Crippen LogP contribution < -0.4 is 4.74 Å². The molecule has 1 heterocycles. The molecule has 6 heteroatoms. The van der Waals surface area contributed by atoms with Crippen LogP contribution in [0.2, 0.25) is 0 Å². The maximum Gasteiger partial charge on any atom is 0.387 e. The highest BCUT2D eigenvalue weighted by atomic mass is 19.3. The summed E-state index contributed by atoms with van der Waals surface area (Å²) < 4.78 is 28.6. The largest absolute Gasteiger partial charge is 0.480 e. The van der Waals surface area contributed by atoms with Gasteiger partial charge in [0, 0.05) is 6.54 Å². The van der Waals surface area contributed by atoms with E-state index in [4.69, 9.17) is 5.11 Å². The average Bonchev–Trinajstić information content (AvgIpc) is 2.76. The normalized spacial score (nSPS) is 19.8. The van der Waals surface area contributed by atoms with Crippen LogP contribution in [0.4, 0.5) is 8.78 Å². The molecule has 1 N–H and O–H groups in total. The van der Waals surface area contributed by atoms with Crippen molar-refractivity contribution in [2.24, 2.45) is 0 Å². The number of hydrogen-bond acceptors (Lipinski definition) is 3. The molecule has 0 amide bonds. The summed E-state index contributed by atoms with van der Waals surface area (Å²) in [5.41, 5.74) is 0.770. The van der Waals surface area contributed by atoms with Crippen molar-refractivity contribution in [2.45, 2.75) is 32.0 Å². The number of likely N-dealkylation sites (tertiary alicyclic amines) is 1. The maximum atomic E-state index is 12.1. The minimum Gasteiger partial charge on any atom is -0.480 e. The van der Waals surface area contributed by atoms with Crippen LogP contribution in [0.25, 0.3) is 0 Å². The molecule has 1 aliphatic heterocycles. The molecule has 1 fully saturated rings. The van der Waals surface area contributed by atoms with Gasteiger partial charge in [-0.2, -0.15) is 8.78 Å². The molecule has 0 unspecified atom stereocenters. The molecule has 1 aromatic carbocycles. The van der Waals surface area contributed by atoms with Gasteiger partial charge in [0.25, 0.3) is 0 Å².